The van der Waals surface area contributed by atoms with Crippen LogP contribution in [0.15, 0.2) is 76.7 Å². The predicted octanol–water partition coefficient (Wildman–Crippen LogP) is 4.82. The van der Waals surface area contributed by atoms with Crippen LogP contribution in [0.4, 0.5) is 0 Å². The van der Waals surface area contributed by atoms with Crippen molar-refractivity contribution in [3.63, 3.8) is 0 Å². The second-order valence-corrected chi connectivity index (χ2v) is 19.2. The van der Waals surface area contributed by atoms with E-state index in [1.807, 2.05) is 43.9 Å². The largest absolute Gasteiger partial charge is 2.00 e. The third kappa shape index (κ3) is 13.0. The SMILES string of the molecule is CC(C)(C)[NH-].CC1=Cc2ccccc2C1C1=C(C)SC2[C-]=c3sc(C)c([Si](C)C)c3=C12.C[Si]C.Cc1cc2ccccc2[cH-]1.[CH3-].[CH3-].[Cl-].[Cl-].[Ti+2].[Zr]. The average molecular weight is 890 g/mol. The molecule has 269 valence electrons. The van der Waals surface area contributed by atoms with Crippen molar-refractivity contribution in [1.82, 2.24) is 0 Å². The van der Waals surface area contributed by atoms with Gasteiger partial charge in [0.25, 0.3) is 0 Å². The van der Waals surface area contributed by atoms with Gasteiger partial charge in [0, 0.05) is 41.6 Å². The van der Waals surface area contributed by atoms with Crippen molar-refractivity contribution in [3.8, 4) is 0 Å². The Morgan fingerprint density at radius 1 is 0.900 bits per heavy atom. The maximum atomic E-state index is 6.94. The molecule has 2 aliphatic carbocycles. The molecule has 1 N–H and O–H groups in total. The number of benzene rings is 2. The van der Waals surface area contributed by atoms with Gasteiger partial charge in [-0.15, -0.1) is 73.2 Å². The molecule has 7 rings (SSSR count). The molecule has 0 saturated carbocycles. The number of nitrogens with one attached hydrogen (secondary N) is 1. The number of halogens is 2. The summed E-state index contributed by atoms with van der Waals surface area (Å²) in [5, 5.41) is 6.32. The topological polar surface area (TPSA) is 23.8 Å². The summed E-state index contributed by atoms with van der Waals surface area (Å²) in [5.74, 6) is 0.420. The summed E-state index contributed by atoms with van der Waals surface area (Å²) in [7, 11) is 0.589. The quantitative estimate of drug-likeness (QED) is 0.210. The zero-order chi connectivity index (χ0) is 32.3. The molecule has 2 heterocycles. The molecule has 3 aromatic carbocycles. The van der Waals surface area contributed by atoms with Crippen LogP contribution in [0.2, 0.25) is 26.2 Å². The van der Waals surface area contributed by atoms with E-state index in [-0.39, 0.29) is 93.1 Å². The number of hydrogen-bond donors (Lipinski definition) is 0. The first kappa shape index (κ1) is 54.2. The number of aryl methyl sites for hydroxylation is 2. The number of allylic oxidation sites excluding steroid dienone is 3. The first-order valence-electron chi connectivity index (χ1n) is 15.4. The van der Waals surface area contributed by atoms with Gasteiger partial charge in [0.2, 0.25) is 0 Å². The zero-order valence-electron chi connectivity index (χ0n) is 32.1. The Bertz CT molecular complexity index is 1800. The number of thioether (sulfide) groups is 1. The molecule has 3 radical (unpaired) electrons. The first-order chi connectivity index (χ1) is 20.7. The van der Waals surface area contributed by atoms with Gasteiger partial charge < -0.3 is 45.4 Å². The Morgan fingerprint density at radius 2 is 1.44 bits per heavy atom. The van der Waals surface area contributed by atoms with Gasteiger partial charge in [-0.25, -0.2) is 6.08 Å². The minimum atomic E-state index is -0.495. The Balaban J connectivity index is -0.000000779. The minimum absolute atomic E-state index is 0. The summed E-state index contributed by atoms with van der Waals surface area (Å²) in [5.41, 5.74) is 15.6. The van der Waals surface area contributed by atoms with Crippen molar-refractivity contribution >= 4 is 75.1 Å². The van der Waals surface area contributed by atoms with Crippen LogP contribution >= 0.6 is 23.1 Å². The van der Waals surface area contributed by atoms with Crippen molar-refractivity contribution in [2.75, 3.05) is 0 Å². The van der Waals surface area contributed by atoms with Crippen molar-refractivity contribution < 1.29 is 72.7 Å². The van der Waals surface area contributed by atoms with E-state index in [9.17, 15) is 0 Å². The van der Waals surface area contributed by atoms with Gasteiger partial charge in [-0.2, -0.15) is 22.6 Å². The van der Waals surface area contributed by atoms with Gasteiger partial charge in [0.05, 0.1) is 8.80 Å². The van der Waals surface area contributed by atoms with Gasteiger partial charge in [-0.3, -0.25) is 0 Å². The van der Waals surface area contributed by atoms with Gasteiger partial charge in [0.1, 0.15) is 0 Å². The van der Waals surface area contributed by atoms with Crippen LogP contribution in [0.3, 0.4) is 0 Å². The van der Waals surface area contributed by atoms with Crippen LogP contribution in [0, 0.1) is 28.7 Å². The molecule has 0 spiro atoms. The van der Waals surface area contributed by atoms with Crippen LogP contribution in [-0.4, -0.2) is 29.1 Å². The molecule has 9 heteroatoms. The van der Waals surface area contributed by atoms with E-state index in [1.54, 1.807) is 21.6 Å². The van der Waals surface area contributed by atoms with E-state index < -0.39 is 8.80 Å². The molecule has 2 atom stereocenters. The summed E-state index contributed by atoms with van der Waals surface area (Å²) in [4.78, 5) is 3.01. The number of rotatable bonds is 2. The maximum Gasteiger partial charge on any atom is 2.00 e. The van der Waals surface area contributed by atoms with E-state index in [0.29, 0.717) is 11.2 Å². The third-order valence-electron chi connectivity index (χ3n) is 7.54. The van der Waals surface area contributed by atoms with Crippen LogP contribution < -0.4 is 39.8 Å². The fraction of sp³-hybridized carbons (Fsp3) is 0.341. The maximum absolute atomic E-state index is 6.94. The molecular formula is C41H53Cl2NS2Si2TiZr-5. The van der Waals surface area contributed by atoms with E-state index >= 15 is 0 Å². The Hall–Kier alpha value is -0.109. The average Bonchev–Trinajstić information content (AvgIpc) is 3.69. The zero-order valence-corrected chi connectivity index (χ0v) is 41.2. The van der Waals surface area contributed by atoms with Crippen molar-refractivity contribution in [1.29, 1.82) is 0 Å². The van der Waals surface area contributed by atoms with Crippen LogP contribution in [0.5, 0.6) is 0 Å². The molecule has 0 amide bonds. The van der Waals surface area contributed by atoms with Crippen molar-refractivity contribution in [2.24, 2.45) is 0 Å². The molecule has 1 aliphatic heterocycles. The molecule has 0 fully saturated rings. The van der Waals surface area contributed by atoms with Gasteiger partial charge in [-0.1, -0.05) is 95.9 Å². The van der Waals surface area contributed by atoms with Crippen LogP contribution in [-0.2, 0) is 47.9 Å². The first-order valence-corrected chi connectivity index (χ1v) is 21.6. The molecule has 1 aromatic heterocycles. The van der Waals surface area contributed by atoms with E-state index in [1.165, 1.54) is 47.4 Å². The van der Waals surface area contributed by atoms with Gasteiger partial charge in [-0.05, 0) is 52.5 Å². The molecule has 4 aromatic rings. The van der Waals surface area contributed by atoms with E-state index in [2.05, 4.69) is 127 Å². The smallest absolute Gasteiger partial charge is 1.00 e. The standard InChI is InChI=1S/C23H22S2Si.C10H9.C4H10N.C2H6Si.2CH3.2ClH.Ti.Zr/c1-12-10-15-8-6-7-9-16(15)19(12)20-13(2)24-17-11-18-22(21(17)20)23(26(4)5)14(3)25-18;1-8-6-9-4-2-3-5-10(9)7-8;1-4(2,3)5;1-3-2;;;;;;/h6-10,17,19H,1-5H3;2-7H,1H3;5H,1-3H3;1-2H3;2*1H3;2*1H;;/q3*-1;;2*-1;;;+2;/p-2. The fourth-order valence-electron chi connectivity index (χ4n) is 6.15. The van der Waals surface area contributed by atoms with E-state index in [0.717, 1.165) is 9.52 Å². The molecule has 0 bridgehead atoms. The second-order valence-electron chi connectivity index (χ2n) is 13.1. The minimum Gasteiger partial charge on any atom is -1.00 e. The molecule has 50 heavy (non-hydrogen) atoms. The summed E-state index contributed by atoms with van der Waals surface area (Å²) in [6.45, 7) is 23.8. The van der Waals surface area contributed by atoms with Gasteiger partial charge >= 0.3 is 21.7 Å². The molecule has 2 unspecified atom stereocenters. The van der Waals surface area contributed by atoms with E-state index in [4.69, 9.17) is 5.73 Å². The summed E-state index contributed by atoms with van der Waals surface area (Å²) >= 11 is 3.98. The summed E-state index contributed by atoms with van der Waals surface area (Å²) in [6.07, 6.45) is 6.22. The Kier molecular flexibility index (Phi) is 25.6. The predicted molar refractivity (Wildman–Crippen MR) is 218 cm³/mol. The summed E-state index contributed by atoms with van der Waals surface area (Å²) < 4.78 is 1.41. The molecule has 0 saturated heterocycles. The summed E-state index contributed by atoms with van der Waals surface area (Å²) in [6, 6.07) is 21.8. The molecular weight excluding hydrogens is 837 g/mol. The number of hydrogen-bond acceptors (Lipinski definition) is 2. The van der Waals surface area contributed by atoms with Crippen molar-refractivity contribution in [3.05, 3.63) is 129 Å². The Labute approximate surface area is 364 Å². The molecule has 3 aliphatic rings. The third-order valence-corrected chi connectivity index (χ3v) is 11.5. The van der Waals surface area contributed by atoms with Crippen LogP contribution in [0.1, 0.15) is 62.1 Å². The monoisotopic (exact) mass is 887 g/mol. The second kappa shape index (κ2) is 23.6. The fourth-order valence-corrected chi connectivity index (χ4v) is 10.8. The van der Waals surface area contributed by atoms with Gasteiger partial charge in [0.15, 0.2) is 0 Å². The van der Waals surface area contributed by atoms with Crippen LogP contribution in [0.25, 0.3) is 34.2 Å². The number of thiophene rings is 1. The molecule has 1 nitrogen and oxygen atoms in total. The van der Waals surface area contributed by atoms with Crippen molar-refractivity contribution in [2.45, 2.75) is 91.4 Å². The number of fused-ring (bicyclic) bond motifs is 4. The Morgan fingerprint density at radius 3 is 2.00 bits per heavy atom. The normalized spacial score (nSPS) is 15.8.